The van der Waals surface area contributed by atoms with Gasteiger partial charge in [0.05, 0.1) is 12.7 Å². The smallest absolute Gasteiger partial charge is 0.236 e. The molecule has 1 aromatic carbocycles. The zero-order chi connectivity index (χ0) is 19.5. The summed E-state index contributed by atoms with van der Waals surface area (Å²) in [5.41, 5.74) is 0.612. The van der Waals surface area contributed by atoms with Crippen molar-refractivity contribution in [3.8, 4) is 5.75 Å². The van der Waals surface area contributed by atoms with Crippen LogP contribution in [0.25, 0.3) is 0 Å². The number of pyridine rings is 1. The molecule has 0 bridgehead atoms. The van der Waals surface area contributed by atoms with Gasteiger partial charge in [0.15, 0.2) is 0 Å². The van der Waals surface area contributed by atoms with Crippen LogP contribution in [0.2, 0.25) is 0 Å². The Balaban J connectivity index is 1.31. The van der Waals surface area contributed by atoms with Crippen LogP contribution in [0.1, 0.15) is 18.4 Å². The highest BCUT2D eigenvalue weighted by Gasteiger charge is 2.45. The van der Waals surface area contributed by atoms with E-state index in [1.165, 1.54) is 6.07 Å². The van der Waals surface area contributed by atoms with Crippen molar-refractivity contribution < 1.29 is 13.9 Å². The average Bonchev–Trinajstić information content (AvgIpc) is 3.27. The zero-order valence-electron chi connectivity index (χ0n) is 16.1. The summed E-state index contributed by atoms with van der Waals surface area (Å²) in [6.45, 7) is 2.25. The Hall–Kier alpha value is -2.47. The third kappa shape index (κ3) is 4.17. The number of benzene rings is 1. The Bertz CT molecular complexity index is 816. The van der Waals surface area contributed by atoms with Crippen LogP contribution in [0.5, 0.6) is 5.75 Å². The number of likely N-dealkylation sites (N-methyl/N-ethyl adjacent to an activating group) is 1. The lowest BCUT2D eigenvalue weighted by Gasteiger charge is -2.24. The number of carbonyl (C=O) groups excluding carboxylic acids is 1. The number of nitrogens with zero attached hydrogens (tertiary/aromatic N) is 3. The molecule has 3 atom stereocenters. The zero-order valence-corrected chi connectivity index (χ0v) is 16.1. The van der Waals surface area contributed by atoms with E-state index in [2.05, 4.69) is 4.98 Å². The van der Waals surface area contributed by atoms with Crippen LogP contribution in [0.4, 0.5) is 4.39 Å². The second-order valence-electron chi connectivity index (χ2n) is 7.91. The molecular weight excluding hydrogens is 357 g/mol. The molecule has 148 valence electrons. The van der Waals surface area contributed by atoms with Crippen molar-refractivity contribution in [1.82, 2.24) is 14.8 Å². The first-order valence-electron chi connectivity index (χ1n) is 9.86. The molecular formula is C22H26FN3O2. The number of likely N-dealkylation sites (tertiary alicyclic amines) is 1. The first-order valence-corrected chi connectivity index (χ1v) is 9.86. The molecule has 4 rings (SSSR count). The minimum absolute atomic E-state index is 0.105. The predicted octanol–water partition coefficient (Wildman–Crippen LogP) is 2.97. The molecule has 0 spiro atoms. The molecule has 28 heavy (non-hydrogen) atoms. The SMILES string of the molecule is CN(CC(=O)N1C[C@H]2CC[C@H](Oc3cccnc3)[C@H]2C1)Cc1ccccc1F. The molecule has 5 nitrogen and oxygen atoms in total. The number of fused-ring (bicyclic) bond motifs is 1. The number of hydrogen-bond acceptors (Lipinski definition) is 4. The van der Waals surface area contributed by atoms with E-state index in [-0.39, 0.29) is 17.8 Å². The predicted molar refractivity (Wildman–Crippen MR) is 104 cm³/mol. The lowest BCUT2D eigenvalue weighted by Crippen LogP contribution is -2.39. The van der Waals surface area contributed by atoms with E-state index in [9.17, 15) is 9.18 Å². The maximum atomic E-state index is 13.8. The summed E-state index contributed by atoms with van der Waals surface area (Å²) < 4.78 is 20.0. The van der Waals surface area contributed by atoms with Gasteiger partial charge in [-0.25, -0.2) is 4.39 Å². The third-order valence-electron chi connectivity index (χ3n) is 5.87. The van der Waals surface area contributed by atoms with Crippen molar-refractivity contribution in [2.24, 2.45) is 11.8 Å². The van der Waals surface area contributed by atoms with Crippen LogP contribution in [-0.4, -0.2) is 53.5 Å². The Morgan fingerprint density at radius 1 is 1.25 bits per heavy atom. The van der Waals surface area contributed by atoms with Gasteiger partial charge in [0.2, 0.25) is 5.91 Å². The van der Waals surface area contributed by atoms with Gasteiger partial charge >= 0.3 is 0 Å². The standard InChI is InChI=1S/C22H26FN3O2/c1-25(12-17-5-2-3-7-20(17)23)15-22(27)26-13-16-8-9-21(19(16)14-26)28-18-6-4-10-24-11-18/h2-7,10-11,16,19,21H,8-9,12-15H2,1H3/t16-,19+,21+/m1/s1. The molecule has 0 N–H and O–H groups in total. The quantitative estimate of drug-likeness (QED) is 0.769. The monoisotopic (exact) mass is 383 g/mol. The van der Waals surface area contributed by atoms with E-state index in [1.807, 2.05) is 35.0 Å². The van der Waals surface area contributed by atoms with Crippen molar-refractivity contribution in [3.63, 3.8) is 0 Å². The molecule has 6 heteroatoms. The van der Waals surface area contributed by atoms with Crippen LogP contribution < -0.4 is 4.74 Å². The molecule has 2 aliphatic rings. The fraction of sp³-hybridized carbons (Fsp3) is 0.455. The van der Waals surface area contributed by atoms with Crippen molar-refractivity contribution >= 4 is 5.91 Å². The Kier molecular flexibility index (Phi) is 5.57. The van der Waals surface area contributed by atoms with E-state index in [1.54, 1.807) is 24.5 Å². The molecule has 1 saturated heterocycles. The molecule has 1 amide bonds. The summed E-state index contributed by atoms with van der Waals surface area (Å²) in [4.78, 5) is 20.7. The number of amides is 1. The summed E-state index contributed by atoms with van der Waals surface area (Å²) in [5, 5.41) is 0. The maximum Gasteiger partial charge on any atom is 0.236 e. The lowest BCUT2D eigenvalue weighted by molar-refractivity contribution is -0.131. The minimum Gasteiger partial charge on any atom is -0.488 e. The van der Waals surface area contributed by atoms with Crippen molar-refractivity contribution in [2.75, 3.05) is 26.7 Å². The summed E-state index contributed by atoms with van der Waals surface area (Å²) >= 11 is 0. The average molecular weight is 383 g/mol. The van der Waals surface area contributed by atoms with Crippen LogP contribution >= 0.6 is 0 Å². The fourth-order valence-electron chi connectivity index (χ4n) is 4.46. The first-order chi connectivity index (χ1) is 13.6. The Morgan fingerprint density at radius 2 is 2.11 bits per heavy atom. The molecule has 0 unspecified atom stereocenters. The lowest BCUT2D eigenvalue weighted by atomic mass is 9.99. The van der Waals surface area contributed by atoms with Crippen molar-refractivity contribution in [2.45, 2.75) is 25.5 Å². The second kappa shape index (κ2) is 8.27. The van der Waals surface area contributed by atoms with Gasteiger partial charge in [0, 0.05) is 37.3 Å². The summed E-state index contributed by atoms with van der Waals surface area (Å²) in [6, 6.07) is 10.5. The minimum atomic E-state index is -0.229. The van der Waals surface area contributed by atoms with Crippen LogP contribution in [0.15, 0.2) is 48.8 Å². The van der Waals surface area contributed by atoms with Crippen molar-refractivity contribution in [3.05, 3.63) is 60.2 Å². The van der Waals surface area contributed by atoms with E-state index in [4.69, 9.17) is 4.74 Å². The van der Waals surface area contributed by atoms with Gasteiger partial charge in [-0.3, -0.25) is 14.7 Å². The summed E-state index contributed by atoms with van der Waals surface area (Å²) in [5.74, 6) is 1.55. The topological polar surface area (TPSA) is 45.7 Å². The molecule has 0 radical (unpaired) electrons. The highest BCUT2D eigenvalue weighted by Crippen LogP contribution is 2.40. The number of carbonyl (C=O) groups is 1. The number of aromatic nitrogens is 1. The molecule has 1 aliphatic carbocycles. The van der Waals surface area contributed by atoms with Gasteiger partial charge in [-0.05, 0) is 44.0 Å². The van der Waals surface area contributed by atoms with E-state index < -0.39 is 0 Å². The molecule has 2 aromatic rings. The van der Waals surface area contributed by atoms with Gasteiger partial charge in [0.1, 0.15) is 17.7 Å². The third-order valence-corrected chi connectivity index (χ3v) is 5.87. The highest BCUT2D eigenvalue weighted by molar-refractivity contribution is 5.78. The summed E-state index contributed by atoms with van der Waals surface area (Å²) in [6.07, 6.45) is 5.73. The van der Waals surface area contributed by atoms with Gasteiger partial charge in [-0.2, -0.15) is 0 Å². The molecule has 1 aromatic heterocycles. The molecule has 2 heterocycles. The van der Waals surface area contributed by atoms with E-state index in [0.717, 1.165) is 31.7 Å². The Morgan fingerprint density at radius 3 is 2.89 bits per heavy atom. The van der Waals surface area contributed by atoms with Crippen LogP contribution in [0.3, 0.4) is 0 Å². The maximum absolute atomic E-state index is 13.8. The highest BCUT2D eigenvalue weighted by atomic mass is 19.1. The van der Waals surface area contributed by atoms with Gasteiger partial charge < -0.3 is 9.64 Å². The molecule has 1 saturated carbocycles. The number of rotatable bonds is 6. The van der Waals surface area contributed by atoms with Crippen LogP contribution in [-0.2, 0) is 11.3 Å². The van der Waals surface area contributed by atoms with E-state index in [0.29, 0.717) is 30.5 Å². The van der Waals surface area contributed by atoms with Gasteiger partial charge in [0.25, 0.3) is 0 Å². The molecule has 2 fully saturated rings. The fourth-order valence-corrected chi connectivity index (χ4v) is 4.46. The van der Waals surface area contributed by atoms with Crippen LogP contribution in [0, 0.1) is 17.7 Å². The largest absolute Gasteiger partial charge is 0.488 e. The van der Waals surface area contributed by atoms with Gasteiger partial charge in [-0.15, -0.1) is 0 Å². The molecule has 1 aliphatic heterocycles. The van der Waals surface area contributed by atoms with Crippen molar-refractivity contribution in [1.29, 1.82) is 0 Å². The summed E-state index contributed by atoms with van der Waals surface area (Å²) in [7, 11) is 1.86. The Labute approximate surface area is 165 Å². The second-order valence-corrected chi connectivity index (χ2v) is 7.91. The first kappa shape index (κ1) is 18.9. The normalized spacial score (nSPS) is 23.8. The number of ether oxygens (including phenoxy) is 1. The number of halogens is 1. The number of hydrogen-bond donors (Lipinski definition) is 0. The van der Waals surface area contributed by atoms with Gasteiger partial charge in [-0.1, -0.05) is 18.2 Å². The van der Waals surface area contributed by atoms with E-state index >= 15 is 0 Å².